The highest BCUT2D eigenvalue weighted by Crippen LogP contribution is 2.30. The second kappa shape index (κ2) is 5.24. The Morgan fingerprint density at radius 2 is 1.46 bits per heavy atom. The summed E-state index contributed by atoms with van der Waals surface area (Å²) in [7, 11) is 0. The Labute approximate surface area is 89.1 Å². The Bertz CT molecular complexity index is 133. The Kier molecular flexibility index (Phi) is 5.36. The molecule has 13 heavy (non-hydrogen) atoms. The summed E-state index contributed by atoms with van der Waals surface area (Å²) in [4.78, 5) is -0.0449. The summed E-state index contributed by atoms with van der Waals surface area (Å²) in [5, 5.41) is 0. The molecule has 0 N–H and O–H groups in total. The minimum atomic E-state index is -0.0449. The summed E-state index contributed by atoms with van der Waals surface area (Å²) < 4.78 is 0. The van der Waals surface area contributed by atoms with Gasteiger partial charge in [-0.2, -0.15) is 0 Å². The molecule has 0 fully saturated rings. The molecular formula is C12H25Cl. The molecule has 0 heterocycles. The smallest absolute Gasteiger partial charge is 0.0416 e. The molecule has 2 atom stereocenters. The fraction of sp³-hybridized carbons (Fsp3) is 1.00. The van der Waals surface area contributed by atoms with Crippen molar-refractivity contribution in [3.8, 4) is 0 Å². The second-order valence-corrected chi connectivity index (χ2v) is 6.24. The Hall–Kier alpha value is 0.290. The maximum atomic E-state index is 6.25. The SMILES string of the molecule is CC(C)C(C)CCC(C)C(C)(C)Cl. The lowest BCUT2D eigenvalue weighted by Gasteiger charge is -2.26. The van der Waals surface area contributed by atoms with Gasteiger partial charge in [-0.3, -0.25) is 0 Å². The van der Waals surface area contributed by atoms with Gasteiger partial charge in [0.25, 0.3) is 0 Å². The normalized spacial score (nSPS) is 17.5. The molecule has 1 heteroatoms. The van der Waals surface area contributed by atoms with Crippen molar-refractivity contribution in [1.82, 2.24) is 0 Å². The van der Waals surface area contributed by atoms with Gasteiger partial charge < -0.3 is 0 Å². The molecule has 0 nitrogen and oxygen atoms in total. The highest BCUT2D eigenvalue weighted by molar-refractivity contribution is 6.23. The predicted octanol–water partition coefficient (Wildman–Crippen LogP) is 4.71. The molecule has 0 saturated heterocycles. The topological polar surface area (TPSA) is 0 Å². The monoisotopic (exact) mass is 204 g/mol. The first kappa shape index (κ1) is 13.3. The number of hydrogen-bond acceptors (Lipinski definition) is 0. The Morgan fingerprint density at radius 3 is 1.77 bits per heavy atom. The first-order chi connectivity index (χ1) is 5.75. The van der Waals surface area contributed by atoms with E-state index in [1.54, 1.807) is 0 Å². The zero-order chi connectivity index (χ0) is 10.6. The molecule has 0 aromatic rings. The first-order valence-electron chi connectivity index (χ1n) is 5.44. The van der Waals surface area contributed by atoms with Crippen LogP contribution in [-0.4, -0.2) is 4.87 Å². The Balaban J connectivity index is 3.77. The van der Waals surface area contributed by atoms with Gasteiger partial charge in [-0.25, -0.2) is 0 Å². The van der Waals surface area contributed by atoms with Crippen molar-refractivity contribution in [3.05, 3.63) is 0 Å². The molecule has 0 aliphatic rings. The van der Waals surface area contributed by atoms with E-state index in [1.807, 2.05) is 0 Å². The molecule has 0 aliphatic heterocycles. The van der Waals surface area contributed by atoms with Crippen LogP contribution in [0.3, 0.4) is 0 Å². The van der Waals surface area contributed by atoms with Gasteiger partial charge in [0.1, 0.15) is 0 Å². The quantitative estimate of drug-likeness (QED) is 0.569. The van der Waals surface area contributed by atoms with E-state index < -0.39 is 0 Å². The van der Waals surface area contributed by atoms with Gasteiger partial charge in [0.15, 0.2) is 0 Å². The van der Waals surface area contributed by atoms with Crippen molar-refractivity contribution in [2.45, 2.75) is 59.3 Å². The third kappa shape index (κ3) is 5.57. The summed E-state index contributed by atoms with van der Waals surface area (Å²) in [5.74, 6) is 2.22. The molecule has 0 saturated carbocycles. The van der Waals surface area contributed by atoms with E-state index in [-0.39, 0.29) is 4.87 Å². The molecule has 80 valence electrons. The minimum Gasteiger partial charge on any atom is -0.120 e. The lowest BCUT2D eigenvalue weighted by atomic mass is 9.86. The van der Waals surface area contributed by atoms with Gasteiger partial charge >= 0.3 is 0 Å². The summed E-state index contributed by atoms with van der Waals surface area (Å²) in [6, 6.07) is 0. The van der Waals surface area contributed by atoms with Crippen LogP contribution in [0.4, 0.5) is 0 Å². The number of halogens is 1. The molecule has 0 radical (unpaired) electrons. The summed E-state index contributed by atoms with van der Waals surface area (Å²) >= 11 is 6.25. The standard InChI is InChI=1S/C12H25Cl/c1-9(2)10(3)7-8-11(4)12(5,6)13/h9-11H,7-8H2,1-6H3. The lowest BCUT2D eigenvalue weighted by molar-refractivity contribution is 0.324. The van der Waals surface area contributed by atoms with Gasteiger partial charge in [-0.15, -0.1) is 11.6 Å². The molecule has 0 aromatic heterocycles. The molecule has 0 aromatic carbocycles. The molecular weight excluding hydrogens is 180 g/mol. The zero-order valence-corrected chi connectivity index (χ0v) is 10.8. The summed E-state index contributed by atoms with van der Waals surface area (Å²) in [6.07, 6.45) is 2.55. The van der Waals surface area contributed by atoms with Crippen molar-refractivity contribution >= 4 is 11.6 Å². The molecule has 0 spiro atoms. The van der Waals surface area contributed by atoms with Gasteiger partial charge in [-0.1, -0.05) is 34.1 Å². The lowest BCUT2D eigenvalue weighted by Crippen LogP contribution is -2.22. The largest absolute Gasteiger partial charge is 0.120 e. The highest BCUT2D eigenvalue weighted by atomic mass is 35.5. The van der Waals surface area contributed by atoms with Gasteiger partial charge in [0.05, 0.1) is 0 Å². The van der Waals surface area contributed by atoms with E-state index >= 15 is 0 Å². The van der Waals surface area contributed by atoms with E-state index in [9.17, 15) is 0 Å². The third-order valence-electron chi connectivity index (χ3n) is 3.36. The number of hydrogen-bond donors (Lipinski definition) is 0. The van der Waals surface area contributed by atoms with E-state index in [2.05, 4.69) is 41.5 Å². The van der Waals surface area contributed by atoms with Crippen molar-refractivity contribution in [2.75, 3.05) is 0 Å². The van der Waals surface area contributed by atoms with Crippen LogP contribution in [0.25, 0.3) is 0 Å². The van der Waals surface area contributed by atoms with Gasteiger partial charge in [-0.05, 0) is 38.0 Å². The number of alkyl halides is 1. The van der Waals surface area contributed by atoms with Crippen LogP contribution < -0.4 is 0 Å². The molecule has 0 rings (SSSR count). The fourth-order valence-electron chi connectivity index (χ4n) is 1.19. The van der Waals surface area contributed by atoms with E-state index in [0.29, 0.717) is 5.92 Å². The Morgan fingerprint density at radius 1 is 1.00 bits per heavy atom. The van der Waals surface area contributed by atoms with Gasteiger partial charge in [0.2, 0.25) is 0 Å². The first-order valence-corrected chi connectivity index (χ1v) is 5.81. The molecule has 0 bridgehead atoms. The zero-order valence-electron chi connectivity index (χ0n) is 10.0. The second-order valence-electron chi connectivity index (χ2n) is 5.26. The van der Waals surface area contributed by atoms with Crippen molar-refractivity contribution in [3.63, 3.8) is 0 Å². The average molecular weight is 205 g/mol. The van der Waals surface area contributed by atoms with Crippen LogP contribution in [0.1, 0.15) is 54.4 Å². The average Bonchev–Trinajstić information content (AvgIpc) is 1.97. The highest BCUT2D eigenvalue weighted by Gasteiger charge is 2.23. The van der Waals surface area contributed by atoms with Crippen LogP contribution in [0, 0.1) is 17.8 Å². The predicted molar refractivity (Wildman–Crippen MR) is 62.3 cm³/mol. The van der Waals surface area contributed by atoms with Crippen LogP contribution in [0.5, 0.6) is 0 Å². The number of rotatable bonds is 5. The van der Waals surface area contributed by atoms with Crippen LogP contribution >= 0.6 is 11.6 Å². The van der Waals surface area contributed by atoms with Gasteiger partial charge in [0, 0.05) is 4.87 Å². The molecule has 2 unspecified atom stereocenters. The van der Waals surface area contributed by atoms with Crippen molar-refractivity contribution in [1.29, 1.82) is 0 Å². The molecule has 0 amide bonds. The van der Waals surface area contributed by atoms with Crippen LogP contribution in [0.2, 0.25) is 0 Å². The van der Waals surface area contributed by atoms with E-state index in [0.717, 1.165) is 11.8 Å². The van der Waals surface area contributed by atoms with Crippen molar-refractivity contribution < 1.29 is 0 Å². The van der Waals surface area contributed by atoms with E-state index in [4.69, 9.17) is 11.6 Å². The molecule has 0 aliphatic carbocycles. The maximum absolute atomic E-state index is 6.25. The van der Waals surface area contributed by atoms with Crippen LogP contribution in [0.15, 0.2) is 0 Å². The van der Waals surface area contributed by atoms with Crippen LogP contribution in [-0.2, 0) is 0 Å². The maximum Gasteiger partial charge on any atom is 0.0416 e. The van der Waals surface area contributed by atoms with E-state index in [1.165, 1.54) is 12.8 Å². The van der Waals surface area contributed by atoms with Crippen molar-refractivity contribution in [2.24, 2.45) is 17.8 Å². The fourth-order valence-corrected chi connectivity index (χ4v) is 1.30. The summed E-state index contributed by atoms with van der Waals surface area (Å²) in [5.41, 5.74) is 0. The third-order valence-corrected chi connectivity index (χ3v) is 3.74. The summed E-state index contributed by atoms with van der Waals surface area (Å²) in [6.45, 7) is 13.4. The minimum absolute atomic E-state index is 0.0449.